The van der Waals surface area contributed by atoms with Crippen LogP contribution in [0.25, 0.3) is 0 Å². The third-order valence-electron chi connectivity index (χ3n) is 3.44. The molecule has 4 nitrogen and oxygen atoms in total. The number of rotatable bonds is 10. The first-order chi connectivity index (χ1) is 13.7. The normalized spacial score (nSPS) is 14.9. The lowest BCUT2D eigenvalue weighted by Crippen LogP contribution is -1.93. The second-order valence-corrected chi connectivity index (χ2v) is 6.27. The number of carboxylic acids is 1. The van der Waals surface area contributed by atoms with E-state index >= 15 is 0 Å². The minimum atomic E-state index is -0.956. The first kappa shape index (κ1) is 25.6. The van der Waals surface area contributed by atoms with Gasteiger partial charge in [-0.25, -0.2) is 9.59 Å². The van der Waals surface area contributed by atoms with E-state index in [2.05, 4.69) is 4.74 Å². The van der Waals surface area contributed by atoms with Crippen molar-refractivity contribution in [1.29, 1.82) is 0 Å². The zero-order valence-corrected chi connectivity index (χ0v) is 17.8. The summed E-state index contributed by atoms with van der Waals surface area (Å²) in [7, 11) is 1.35. The van der Waals surface area contributed by atoms with Gasteiger partial charge in [-0.05, 0) is 27.7 Å². The van der Waals surface area contributed by atoms with Gasteiger partial charge in [-0.2, -0.15) is 0 Å². The molecule has 0 spiro atoms. The summed E-state index contributed by atoms with van der Waals surface area (Å²) >= 11 is 0. The predicted molar refractivity (Wildman–Crippen MR) is 120 cm³/mol. The van der Waals surface area contributed by atoms with E-state index in [9.17, 15) is 9.59 Å². The summed E-state index contributed by atoms with van der Waals surface area (Å²) in [6.07, 6.45) is 25.2. The number of hydrogen-bond donors (Lipinski definition) is 1. The summed E-state index contributed by atoms with van der Waals surface area (Å²) in [5.74, 6) is -1.33. The van der Waals surface area contributed by atoms with Crippen molar-refractivity contribution >= 4 is 11.9 Å². The summed E-state index contributed by atoms with van der Waals surface area (Å²) in [5, 5.41) is 8.58. The van der Waals surface area contributed by atoms with Crippen molar-refractivity contribution in [3.8, 4) is 0 Å². The van der Waals surface area contributed by atoms with Crippen LogP contribution in [-0.4, -0.2) is 24.2 Å². The quantitative estimate of drug-likeness (QED) is 0.288. The van der Waals surface area contributed by atoms with Crippen molar-refractivity contribution in [2.45, 2.75) is 27.7 Å². The van der Waals surface area contributed by atoms with E-state index in [-0.39, 0.29) is 5.97 Å². The Labute approximate surface area is 174 Å². The molecule has 0 aliphatic carbocycles. The first-order valence-corrected chi connectivity index (χ1v) is 9.13. The molecular formula is C25H30O4. The van der Waals surface area contributed by atoms with Crippen molar-refractivity contribution in [3.05, 3.63) is 107 Å². The minimum Gasteiger partial charge on any atom is -0.478 e. The monoisotopic (exact) mass is 394 g/mol. The van der Waals surface area contributed by atoms with Gasteiger partial charge in [0.1, 0.15) is 0 Å². The molecule has 0 aromatic rings. The smallest absolute Gasteiger partial charge is 0.330 e. The number of carbonyl (C=O) groups excluding carboxylic acids is 1. The van der Waals surface area contributed by atoms with Crippen molar-refractivity contribution in [2.24, 2.45) is 0 Å². The highest BCUT2D eigenvalue weighted by Gasteiger charge is 1.89. The van der Waals surface area contributed by atoms with Gasteiger partial charge in [0.25, 0.3) is 0 Å². The highest BCUT2D eigenvalue weighted by Crippen LogP contribution is 2.02. The Kier molecular flexibility index (Phi) is 13.8. The Hall–Kier alpha value is -3.40. The molecule has 154 valence electrons. The maximum absolute atomic E-state index is 11.0. The van der Waals surface area contributed by atoms with E-state index in [0.717, 1.165) is 28.4 Å². The molecule has 0 saturated carbocycles. The van der Waals surface area contributed by atoms with Crippen LogP contribution in [0.4, 0.5) is 0 Å². The van der Waals surface area contributed by atoms with Gasteiger partial charge in [0.2, 0.25) is 0 Å². The molecule has 0 bridgehead atoms. The summed E-state index contributed by atoms with van der Waals surface area (Å²) < 4.78 is 4.54. The number of carbonyl (C=O) groups is 2. The number of hydrogen-bond acceptors (Lipinski definition) is 3. The number of ether oxygens (including phenoxy) is 1. The molecule has 0 rings (SSSR count). The van der Waals surface area contributed by atoms with Crippen LogP contribution in [0.15, 0.2) is 107 Å². The third kappa shape index (κ3) is 16.5. The fourth-order valence-corrected chi connectivity index (χ4v) is 1.81. The summed E-state index contributed by atoms with van der Waals surface area (Å²) in [6.45, 7) is 7.74. The van der Waals surface area contributed by atoms with Gasteiger partial charge in [-0.3, -0.25) is 0 Å². The average Bonchev–Trinajstić information content (AvgIpc) is 2.67. The van der Waals surface area contributed by atoms with E-state index in [1.165, 1.54) is 13.2 Å². The fourth-order valence-electron chi connectivity index (χ4n) is 1.81. The molecule has 0 aromatic heterocycles. The number of aliphatic carboxylic acids is 1. The third-order valence-corrected chi connectivity index (χ3v) is 3.44. The molecule has 0 heterocycles. The van der Waals surface area contributed by atoms with Crippen molar-refractivity contribution < 1.29 is 19.4 Å². The van der Waals surface area contributed by atoms with Gasteiger partial charge in [0.15, 0.2) is 0 Å². The van der Waals surface area contributed by atoms with E-state index in [1.54, 1.807) is 12.2 Å². The Balaban J connectivity index is 4.67. The van der Waals surface area contributed by atoms with Crippen LogP contribution >= 0.6 is 0 Å². The van der Waals surface area contributed by atoms with Gasteiger partial charge in [0.05, 0.1) is 7.11 Å². The van der Waals surface area contributed by atoms with Crippen molar-refractivity contribution in [2.75, 3.05) is 7.11 Å². The Morgan fingerprint density at radius 1 is 0.586 bits per heavy atom. The second kappa shape index (κ2) is 15.6. The van der Waals surface area contributed by atoms with Crippen LogP contribution in [0.1, 0.15) is 27.7 Å². The Morgan fingerprint density at radius 3 is 1.38 bits per heavy atom. The van der Waals surface area contributed by atoms with Gasteiger partial charge in [-0.15, -0.1) is 0 Å². The average molecular weight is 395 g/mol. The number of methoxy groups -OCH3 is 1. The van der Waals surface area contributed by atoms with E-state index in [0.29, 0.717) is 0 Å². The van der Waals surface area contributed by atoms with Crippen LogP contribution in [-0.2, 0) is 14.3 Å². The molecular weight excluding hydrogens is 364 g/mol. The SMILES string of the molecule is COC(=O)/C=C/C(C)=C/C=C/C(C)=C/C=C/C=C(C)/C=C/C=C(C)/C=C\C(=O)O. The predicted octanol–water partition coefficient (Wildman–Crippen LogP) is 5.81. The van der Waals surface area contributed by atoms with Crippen LogP contribution in [0, 0.1) is 0 Å². The lowest BCUT2D eigenvalue weighted by atomic mass is 10.2. The standard InChI is InChI=1S/C25H30O4/c1-20(12-8-14-22(3)16-18-24(26)27)10-6-7-11-21(2)13-9-15-23(4)17-19-25(28)29-5/h6-19H,1-5H3,(H,26,27)/b7-6+,12-8+,13-9+,18-16-,19-17+,20-10+,21-11+,22-14+,23-15+. The molecule has 0 aliphatic heterocycles. The maximum Gasteiger partial charge on any atom is 0.330 e. The molecule has 0 saturated heterocycles. The molecule has 4 heteroatoms. The number of carboxylic acid groups (broad SMARTS) is 1. The lowest BCUT2D eigenvalue weighted by molar-refractivity contribution is -0.135. The topological polar surface area (TPSA) is 63.6 Å². The van der Waals surface area contributed by atoms with Gasteiger partial charge in [-0.1, -0.05) is 95.2 Å². The van der Waals surface area contributed by atoms with Crippen LogP contribution in [0.3, 0.4) is 0 Å². The van der Waals surface area contributed by atoms with Gasteiger partial charge in [0, 0.05) is 12.2 Å². The summed E-state index contributed by atoms with van der Waals surface area (Å²) in [5.41, 5.74) is 3.98. The Morgan fingerprint density at radius 2 is 0.966 bits per heavy atom. The van der Waals surface area contributed by atoms with Crippen LogP contribution < -0.4 is 0 Å². The van der Waals surface area contributed by atoms with E-state index in [1.807, 2.05) is 88.5 Å². The number of esters is 1. The maximum atomic E-state index is 11.0. The largest absolute Gasteiger partial charge is 0.478 e. The van der Waals surface area contributed by atoms with Crippen LogP contribution in [0.5, 0.6) is 0 Å². The molecule has 0 amide bonds. The zero-order chi connectivity index (χ0) is 22.1. The second-order valence-electron chi connectivity index (χ2n) is 6.27. The highest BCUT2D eigenvalue weighted by atomic mass is 16.5. The van der Waals surface area contributed by atoms with Crippen molar-refractivity contribution in [3.63, 3.8) is 0 Å². The molecule has 0 radical (unpaired) electrons. The van der Waals surface area contributed by atoms with Crippen molar-refractivity contribution in [1.82, 2.24) is 0 Å². The van der Waals surface area contributed by atoms with E-state index < -0.39 is 5.97 Å². The summed E-state index contributed by atoms with van der Waals surface area (Å²) in [6, 6.07) is 0. The molecule has 29 heavy (non-hydrogen) atoms. The fraction of sp³-hybridized carbons (Fsp3) is 0.200. The summed E-state index contributed by atoms with van der Waals surface area (Å²) in [4.78, 5) is 21.5. The molecule has 0 unspecified atom stereocenters. The van der Waals surface area contributed by atoms with Gasteiger partial charge >= 0.3 is 11.9 Å². The first-order valence-electron chi connectivity index (χ1n) is 9.13. The molecule has 0 aromatic carbocycles. The van der Waals surface area contributed by atoms with Crippen LogP contribution in [0.2, 0.25) is 0 Å². The lowest BCUT2D eigenvalue weighted by Gasteiger charge is -1.91. The highest BCUT2D eigenvalue weighted by molar-refractivity contribution is 5.82. The molecule has 0 atom stereocenters. The molecule has 1 N–H and O–H groups in total. The Bertz CT molecular complexity index is 823. The molecule has 0 aliphatic rings. The zero-order valence-electron chi connectivity index (χ0n) is 17.8. The molecule has 0 fully saturated rings. The number of allylic oxidation sites excluding steroid dienone is 16. The van der Waals surface area contributed by atoms with E-state index in [4.69, 9.17) is 5.11 Å². The minimum absolute atomic E-state index is 0.373. The van der Waals surface area contributed by atoms with Gasteiger partial charge < -0.3 is 9.84 Å².